The SMILES string of the molecule is O=CCn1cc(CCc2cc(F)ccc2CNC=O)c2c1CCC(Br)=C2. The molecule has 2 aromatic rings. The van der Waals surface area contributed by atoms with Gasteiger partial charge in [0.25, 0.3) is 0 Å². The van der Waals surface area contributed by atoms with Crippen molar-refractivity contribution in [2.24, 2.45) is 0 Å². The smallest absolute Gasteiger partial charge is 0.207 e. The molecule has 0 bridgehead atoms. The number of aryl methyl sites for hydroxylation is 2. The van der Waals surface area contributed by atoms with Gasteiger partial charge in [0.05, 0.1) is 6.54 Å². The molecule has 6 heteroatoms. The monoisotopic (exact) mass is 418 g/mol. The summed E-state index contributed by atoms with van der Waals surface area (Å²) in [7, 11) is 0. The number of allylic oxidation sites excluding steroid dienone is 1. The number of amides is 1. The number of benzene rings is 1. The van der Waals surface area contributed by atoms with Gasteiger partial charge in [0.15, 0.2) is 0 Å². The molecule has 0 aliphatic heterocycles. The second-order valence-corrected chi connectivity index (χ2v) is 7.36. The van der Waals surface area contributed by atoms with E-state index in [-0.39, 0.29) is 5.82 Å². The molecule has 1 heterocycles. The van der Waals surface area contributed by atoms with Crippen LogP contribution < -0.4 is 5.32 Å². The lowest BCUT2D eigenvalue weighted by Crippen LogP contribution is -2.12. The fourth-order valence-corrected chi connectivity index (χ4v) is 3.89. The summed E-state index contributed by atoms with van der Waals surface area (Å²) in [6.07, 6.45) is 8.94. The zero-order valence-electron chi connectivity index (χ0n) is 14.3. The number of halogens is 2. The van der Waals surface area contributed by atoms with Crippen molar-refractivity contribution in [3.63, 3.8) is 0 Å². The van der Waals surface area contributed by atoms with Gasteiger partial charge in [-0.3, -0.25) is 4.79 Å². The van der Waals surface area contributed by atoms with Crippen molar-refractivity contribution in [1.82, 2.24) is 9.88 Å². The Morgan fingerprint density at radius 2 is 1.96 bits per heavy atom. The Morgan fingerprint density at radius 1 is 1.15 bits per heavy atom. The highest BCUT2D eigenvalue weighted by molar-refractivity contribution is 9.11. The first kappa shape index (κ1) is 18.6. The molecule has 1 aliphatic rings. The molecule has 0 unspecified atom stereocenters. The summed E-state index contributed by atoms with van der Waals surface area (Å²) in [5.74, 6) is -0.280. The second kappa shape index (κ2) is 8.45. The number of aldehydes is 1. The van der Waals surface area contributed by atoms with E-state index in [0.29, 0.717) is 25.9 Å². The average molecular weight is 419 g/mol. The maximum atomic E-state index is 13.7. The molecule has 3 rings (SSSR count). The third-order valence-electron chi connectivity index (χ3n) is 4.70. The molecule has 0 saturated heterocycles. The largest absolute Gasteiger partial charge is 0.355 e. The van der Waals surface area contributed by atoms with Crippen molar-refractivity contribution in [1.29, 1.82) is 0 Å². The van der Waals surface area contributed by atoms with Crippen LogP contribution in [0.3, 0.4) is 0 Å². The first-order chi connectivity index (χ1) is 12.6. The normalized spacial score (nSPS) is 13.1. The van der Waals surface area contributed by atoms with Crippen LogP contribution in [0.25, 0.3) is 6.08 Å². The lowest BCUT2D eigenvalue weighted by molar-refractivity contribution is -0.110. The summed E-state index contributed by atoms with van der Waals surface area (Å²) in [5.41, 5.74) is 5.29. The van der Waals surface area contributed by atoms with E-state index in [2.05, 4.69) is 27.3 Å². The summed E-state index contributed by atoms with van der Waals surface area (Å²) in [5, 5.41) is 2.64. The second-order valence-electron chi connectivity index (χ2n) is 6.34. The van der Waals surface area contributed by atoms with E-state index in [1.54, 1.807) is 6.07 Å². The van der Waals surface area contributed by atoms with Crippen LogP contribution in [0.4, 0.5) is 4.39 Å². The number of carbonyl (C=O) groups excluding carboxylic acids is 2. The third-order valence-corrected chi connectivity index (χ3v) is 5.32. The van der Waals surface area contributed by atoms with Gasteiger partial charge in [-0.1, -0.05) is 22.0 Å². The molecule has 0 atom stereocenters. The van der Waals surface area contributed by atoms with E-state index >= 15 is 0 Å². The quantitative estimate of drug-likeness (QED) is 0.666. The summed E-state index contributed by atoms with van der Waals surface area (Å²) < 4.78 is 16.8. The fourth-order valence-electron chi connectivity index (χ4n) is 3.46. The van der Waals surface area contributed by atoms with Crippen LogP contribution in [0.15, 0.2) is 28.9 Å². The summed E-state index contributed by atoms with van der Waals surface area (Å²) in [6.45, 7) is 0.733. The minimum Gasteiger partial charge on any atom is -0.355 e. The number of nitrogens with zero attached hydrogens (tertiary/aromatic N) is 1. The molecule has 1 aromatic heterocycles. The number of nitrogens with one attached hydrogen (secondary N) is 1. The van der Waals surface area contributed by atoms with Crippen molar-refractivity contribution in [2.75, 3.05) is 0 Å². The Bertz CT molecular complexity index is 858. The van der Waals surface area contributed by atoms with Crippen molar-refractivity contribution in [2.45, 2.75) is 38.8 Å². The first-order valence-electron chi connectivity index (χ1n) is 8.57. The van der Waals surface area contributed by atoms with Gasteiger partial charge in [0, 0.05) is 18.4 Å². The molecule has 0 fully saturated rings. The summed E-state index contributed by atoms with van der Waals surface area (Å²) in [6, 6.07) is 4.65. The highest BCUT2D eigenvalue weighted by atomic mass is 79.9. The van der Waals surface area contributed by atoms with Crippen molar-refractivity contribution >= 4 is 34.7 Å². The van der Waals surface area contributed by atoms with Gasteiger partial charge in [0.1, 0.15) is 12.1 Å². The molecule has 4 nitrogen and oxygen atoms in total. The summed E-state index contributed by atoms with van der Waals surface area (Å²) >= 11 is 3.58. The molecule has 0 spiro atoms. The minimum absolute atomic E-state index is 0.280. The summed E-state index contributed by atoms with van der Waals surface area (Å²) in [4.78, 5) is 21.5. The Kier molecular flexibility index (Phi) is 6.04. The van der Waals surface area contributed by atoms with Gasteiger partial charge in [-0.15, -0.1) is 0 Å². The van der Waals surface area contributed by atoms with Crippen molar-refractivity contribution in [3.05, 3.63) is 62.6 Å². The van der Waals surface area contributed by atoms with E-state index in [1.807, 2.05) is 10.8 Å². The topological polar surface area (TPSA) is 51.1 Å². The Labute approximate surface area is 160 Å². The Balaban J connectivity index is 1.86. The maximum absolute atomic E-state index is 13.7. The van der Waals surface area contributed by atoms with Crippen LogP contribution in [0.1, 0.15) is 34.4 Å². The number of fused-ring (bicyclic) bond motifs is 1. The molecule has 1 N–H and O–H groups in total. The van der Waals surface area contributed by atoms with Crippen molar-refractivity contribution < 1.29 is 14.0 Å². The molecule has 1 aromatic carbocycles. The number of rotatable bonds is 8. The maximum Gasteiger partial charge on any atom is 0.207 e. The van der Waals surface area contributed by atoms with Gasteiger partial charge in [-0.2, -0.15) is 0 Å². The average Bonchev–Trinajstić information content (AvgIpc) is 2.96. The van der Waals surface area contributed by atoms with Crippen LogP contribution in [-0.4, -0.2) is 17.3 Å². The van der Waals surface area contributed by atoms with Crippen LogP contribution in [0, 0.1) is 5.82 Å². The third kappa shape index (κ3) is 4.12. The molecular formula is C20H20BrFN2O2. The van der Waals surface area contributed by atoms with E-state index in [9.17, 15) is 14.0 Å². The zero-order valence-corrected chi connectivity index (χ0v) is 15.9. The van der Waals surface area contributed by atoms with Crippen LogP contribution in [0.2, 0.25) is 0 Å². The predicted octanol–water partition coefficient (Wildman–Crippen LogP) is 3.54. The lowest BCUT2D eigenvalue weighted by Gasteiger charge is -2.13. The van der Waals surface area contributed by atoms with Gasteiger partial charge in [-0.05, 0) is 70.6 Å². The molecule has 136 valence electrons. The molecular weight excluding hydrogens is 399 g/mol. The zero-order chi connectivity index (χ0) is 18.5. The van der Waals surface area contributed by atoms with Crippen LogP contribution in [-0.2, 0) is 41.9 Å². The Morgan fingerprint density at radius 3 is 2.73 bits per heavy atom. The molecule has 0 radical (unpaired) electrons. The van der Waals surface area contributed by atoms with Crippen molar-refractivity contribution in [3.8, 4) is 0 Å². The van der Waals surface area contributed by atoms with Crippen LogP contribution >= 0.6 is 15.9 Å². The van der Waals surface area contributed by atoms with E-state index in [0.717, 1.165) is 52.3 Å². The molecule has 26 heavy (non-hydrogen) atoms. The van der Waals surface area contributed by atoms with E-state index < -0.39 is 0 Å². The van der Waals surface area contributed by atoms with E-state index in [1.165, 1.54) is 17.8 Å². The Hall–Kier alpha value is -2.21. The number of aromatic nitrogens is 1. The van der Waals surface area contributed by atoms with Gasteiger partial charge < -0.3 is 14.7 Å². The standard InChI is InChI=1S/C20H20BrFN2O2/c21-17-4-6-20-19(10-17)16(12-24(20)7-8-25)2-1-14-9-18(22)5-3-15(14)11-23-13-26/h3,5,8-10,12-13H,1-2,4,6-7,11H2,(H,23,26). The van der Waals surface area contributed by atoms with E-state index in [4.69, 9.17) is 0 Å². The number of hydrogen-bond acceptors (Lipinski definition) is 2. The van der Waals surface area contributed by atoms with Gasteiger partial charge in [0.2, 0.25) is 6.41 Å². The number of carbonyl (C=O) groups is 2. The van der Waals surface area contributed by atoms with Gasteiger partial charge in [-0.25, -0.2) is 4.39 Å². The minimum atomic E-state index is -0.280. The predicted molar refractivity (Wildman–Crippen MR) is 102 cm³/mol. The van der Waals surface area contributed by atoms with Crippen LogP contribution in [0.5, 0.6) is 0 Å². The fraction of sp³-hybridized carbons (Fsp3) is 0.300. The highest BCUT2D eigenvalue weighted by Gasteiger charge is 2.18. The highest BCUT2D eigenvalue weighted by Crippen LogP contribution is 2.32. The van der Waals surface area contributed by atoms with Gasteiger partial charge >= 0.3 is 0 Å². The molecule has 0 saturated carbocycles. The molecule has 1 amide bonds. The first-order valence-corrected chi connectivity index (χ1v) is 9.36. The molecule has 1 aliphatic carbocycles. The lowest BCUT2D eigenvalue weighted by atomic mass is 9.96. The number of hydrogen-bond donors (Lipinski definition) is 1.